The fourth-order valence-electron chi connectivity index (χ4n) is 6.67. The van der Waals surface area contributed by atoms with Crippen LogP contribution in [0.25, 0.3) is 10.8 Å². The van der Waals surface area contributed by atoms with Crippen LogP contribution in [0.1, 0.15) is 28.2 Å². The molecule has 4 nitrogen and oxygen atoms in total. The molecule has 4 aliphatic rings. The van der Waals surface area contributed by atoms with E-state index in [1.165, 1.54) is 4.90 Å². The quantitative estimate of drug-likeness (QED) is 0.346. The van der Waals surface area contributed by atoms with E-state index in [0.29, 0.717) is 5.69 Å². The van der Waals surface area contributed by atoms with Gasteiger partial charge in [-0.15, -0.1) is 0 Å². The molecular weight excluding hydrogens is 410 g/mol. The van der Waals surface area contributed by atoms with Crippen LogP contribution >= 0.6 is 0 Å². The number of aldehydes is 1. The van der Waals surface area contributed by atoms with Crippen molar-refractivity contribution in [3.05, 3.63) is 113 Å². The van der Waals surface area contributed by atoms with E-state index in [1.54, 1.807) is 0 Å². The van der Waals surface area contributed by atoms with Crippen LogP contribution in [0.3, 0.4) is 0 Å². The Kier molecular flexibility index (Phi) is 3.51. The second-order valence-electron chi connectivity index (χ2n) is 9.15. The average molecular weight is 429 g/mol. The molecule has 1 saturated heterocycles. The molecule has 0 aromatic heterocycles. The maximum absolute atomic E-state index is 14.1. The van der Waals surface area contributed by atoms with Crippen LogP contribution in [0.4, 0.5) is 5.69 Å². The van der Waals surface area contributed by atoms with Gasteiger partial charge in [0.1, 0.15) is 6.29 Å². The van der Waals surface area contributed by atoms with Crippen molar-refractivity contribution in [2.24, 2.45) is 11.8 Å². The van der Waals surface area contributed by atoms with Crippen LogP contribution in [0.5, 0.6) is 0 Å². The third-order valence-electron chi connectivity index (χ3n) is 7.88. The Bertz CT molecular complexity index is 1470. The van der Waals surface area contributed by atoms with Crippen LogP contribution < -0.4 is 4.90 Å². The van der Waals surface area contributed by atoms with Crippen LogP contribution in [-0.2, 0) is 19.8 Å². The van der Waals surface area contributed by atoms with Crippen molar-refractivity contribution in [2.45, 2.75) is 11.3 Å². The predicted octanol–water partition coefficient (Wildman–Crippen LogP) is 4.59. The number of carbonyl (C=O) groups excluding carboxylic acids is 3. The molecule has 2 atom stereocenters. The lowest BCUT2D eigenvalue weighted by Gasteiger charge is -2.51. The van der Waals surface area contributed by atoms with E-state index in [4.69, 9.17) is 0 Å². The van der Waals surface area contributed by atoms with E-state index in [0.717, 1.165) is 39.3 Å². The molecule has 0 spiro atoms. The minimum Gasteiger partial charge on any atom is -0.302 e. The van der Waals surface area contributed by atoms with Gasteiger partial charge in [0.05, 0.1) is 22.9 Å². The van der Waals surface area contributed by atoms with Crippen molar-refractivity contribution < 1.29 is 14.4 Å². The molecule has 2 amide bonds. The highest BCUT2D eigenvalue weighted by atomic mass is 16.2. The van der Waals surface area contributed by atoms with Gasteiger partial charge >= 0.3 is 0 Å². The summed E-state index contributed by atoms with van der Waals surface area (Å²) in [4.78, 5) is 42.5. The molecule has 33 heavy (non-hydrogen) atoms. The highest BCUT2D eigenvalue weighted by Gasteiger charge is 2.68. The van der Waals surface area contributed by atoms with Crippen molar-refractivity contribution in [1.29, 1.82) is 0 Å². The first kappa shape index (κ1) is 18.5. The second kappa shape index (κ2) is 6.26. The monoisotopic (exact) mass is 429 g/mol. The Hall–Kier alpha value is -4.05. The number of carbonyl (C=O) groups is 3. The summed E-state index contributed by atoms with van der Waals surface area (Å²) in [6, 6.07) is 29.0. The zero-order valence-corrected chi connectivity index (χ0v) is 17.6. The molecule has 1 fully saturated rings. The molecule has 3 aliphatic carbocycles. The van der Waals surface area contributed by atoms with Gasteiger partial charge < -0.3 is 4.79 Å². The maximum atomic E-state index is 14.1. The number of imide groups is 1. The fraction of sp³-hybridized carbons (Fsp3) is 0.138. The SMILES string of the molecule is O=CC12c3ccccc3C(c3ccccc31)[C@H]1C(=O)N(c3cccc4ccccc34)C(=O)[C@@H]12. The molecule has 4 aromatic rings. The Labute approximate surface area is 190 Å². The maximum Gasteiger partial charge on any atom is 0.239 e. The molecule has 158 valence electrons. The molecule has 1 aliphatic heterocycles. The first-order chi connectivity index (χ1) is 16.2. The number of amides is 2. The van der Waals surface area contributed by atoms with Gasteiger partial charge in [0.15, 0.2) is 0 Å². The third-order valence-corrected chi connectivity index (χ3v) is 7.88. The molecule has 0 saturated carbocycles. The molecule has 0 N–H and O–H groups in total. The lowest BCUT2D eigenvalue weighted by atomic mass is 9.48. The largest absolute Gasteiger partial charge is 0.302 e. The van der Waals surface area contributed by atoms with Gasteiger partial charge in [-0.3, -0.25) is 9.59 Å². The molecule has 2 bridgehead atoms. The Morgan fingerprint density at radius 2 is 1.30 bits per heavy atom. The first-order valence-corrected chi connectivity index (χ1v) is 11.2. The summed E-state index contributed by atoms with van der Waals surface area (Å²) in [5.41, 5.74) is 3.08. The van der Waals surface area contributed by atoms with E-state index < -0.39 is 17.3 Å². The third kappa shape index (κ3) is 2.04. The predicted molar refractivity (Wildman–Crippen MR) is 125 cm³/mol. The van der Waals surface area contributed by atoms with Crippen molar-refractivity contribution in [3.63, 3.8) is 0 Å². The number of benzene rings is 4. The van der Waals surface area contributed by atoms with E-state index in [9.17, 15) is 14.4 Å². The minimum atomic E-state index is -1.17. The van der Waals surface area contributed by atoms with E-state index >= 15 is 0 Å². The molecule has 4 aromatic carbocycles. The lowest BCUT2D eigenvalue weighted by molar-refractivity contribution is -0.128. The van der Waals surface area contributed by atoms with Crippen LogP contribution in [0.2, 0.25) is 0 Å². The summed E-state index contributed by atoms with van der Waals surface area (Å²) in [5.74, 6) is -2.12. The number of nitrogens with zero attached hydrogens (tertiary/aromatic N) is 1. The smallest absolute Gasteiger partial charge is 0.239 e. The lowest BCUT2D eigenvalue weighted by Crippen LogP contribution is -2.54. The molecular formula is C29H19NO3. The Morgan fingerprint density at radius 1 is 0.697 bits per heavy atom. The summed E-state index contributed by atoms with van der Waals surface area (Å²) in [6.45, 7) is 0. The highest BCUT2D eigenvalue weighted by Crippen LogP contribution is 2.63. The van der Waals surface area contributed by atoms with Crippen molar-refractivity contribution in [2.75, 3.05) is 4.90 Å². The zero-order chi connectivity index (χ0) is 22.3. The van der Waals surface area contributed by atoms with Crippen molar-refractivity contribution in [3.8, 4) is 0 Å². The van der Waals surface area contributed by atoms with E-state index in [2.05, 4.69) is 0 Å². The van der Waals surface area contributed by atoms with Gasteiger partial charge in [-0.25, -0.2) is 4.90 Å². The average Bonchev–Trinajstić information content (AvgIpc) is 3.14. The van der Waals surface area contributed by atoms with Gasteiger partial charge in [-0.1, -0.05) is 84.9 Å². The summed E-state index contributed by atoms with van der Waals surface area (Å²) < 4.78 is 0. The highest BCUT2D eigenvalue weighted by molar-refractivity contribution is 6.27. The number of hydrogen-bond acceptors (Lipinski definition) is 3. The fourth-order valence-corrected chi connectivity index (χ4v) is 6.67. The normalized spacial score (nSPS) is 26.8. The van der Waals surface area contributed by atoms with Crippen LogP contribution in [-0.4, -0.2) is 18.1 Å². The van der Waals surface area contributed by atoms with Gasteiger partial charge in [0.2, 0.25) is 11.8 Å². The summed E-state index contributed by atoms with van der Waals surface area (Å²) in [6.07, 6.45) is 0.912. The molecule has 0 unspecified atom stereocenters. The van der Waals surface area contributed by atoms with Gasteiger partial charge in [-0.05, 0) is 33.7 Å². The summed E-state index contributed by atoms with van der Waals surface area (Å²) in [7, 11) is 0. The summed E-state index contributed by atoms with van der Waals surface area (Å²) >= 11 is 0. The van der Waals surface area contributed by atoms with Crippen molar-refractivity contribution >= 4 is 34.6 Å². The van der Waals surface area contributed by atoms with E-state index in [1.807, 2.05) is 91.0 Å². The van der Waals surface area contributed by atoms with Gasteiger partial charge in [0.25, 0.3) is 0 Å². The molecule has 8 rings (SSSR count). The summed E-state index contributed by atoms with van der Waals surface area (Å²) in [5, 5.41) is 1.81. The Morgan fingerprint density at radius 3 is 2.00 bits per heavy atom. The topological polar surface area (TPSA) is 54.5 Å². The van der Waals surface area contributed by atoms with Crippen LogP contribution in [0, 0.1) is 11.8 Å². The van der Waals surface area contributed by atoms with Crippen LogP contribution in [0.15, 0.2) is 91.0 Å². The Balaban J connectivity index is 1.52. The second-order valence-corrected chi connectivity index (χ2v) is 9.15. The number of hydrogen-bond donors (Lipinski definition) is 0. The molecule has 1 heterocycles. The number of anilines is 1. The zero-order valence-electron chi connectivity index (χ0n) is 17.6. The molecule has 4 heteroatoms. The van der Waals surface area contributed by atoms with Gasteiger partial charge in [0, 0.05) is 11.3 Å². The molecule has 0 radical (unpaired) electrons. The number of fused-ring (bicyclic) bond motifs is 1. The standard InChI is InChI=1S/C29H19NO3/c31-16-29-21-13-5-3-11-19(21)24(20-12-4-6-14-22(20)29)25-26(29)28(33)30(27(25)32)23-15-7-9-17-8-1-2-10-18(17)23/h1-16,24-26H/t24?,25-,26-,29?/m1/s1. The van der Waals surface area contributed by atoms with Gasteiger partial charge in [-0.2, -0.15) is 0 Å². The number of rotatable bonds is 2. The van der Waals surface area contributed by atoms with E-state index in [-0.39, 0.29) is 17.7 Å². The first-order valence-electron chi connectivity index (χ1n) is 11.2. The minimum absolute atomic E-state index is 0.221. The van der Waals surface area contributed by atoms with Crippen molar-refractivity contribution in [1.82, 2.24) is 0 Å².